The molecule has 0 spiro atoms. The molecule has 1 unspecified atom stereocenters. The lowest BCUT2D eigenvalue weighted by molar-refractivity contribution is -0.123. The van der Waals surface area contributed by atoms with E-state index in [-0.39, 0.29) is 12.0 Å². The van der Waals surface area contributed by atoms with Gasteiger partial charge in [0, 0.05) is 17.2 Å². The van der Waals surface area contributed by atoms with Crippen LogP contribution in [0.15, 0.2) is 58.4 Å². The number of rotatable bonds is 6. The number of hydrogen-bond acceptors (Lipinski definition) is 5. The molecule has 30 heavy (non-hydrogen) atoms. The summed E-state index contributed by atoms with van der Waals surface area (Å²) in [5.74, 6) is 0.620. The minimum absolute atomic E-state index is 0.0417. The Morgan fingerprint density at radius 2 is 2.13 bits per heavy atom. The van der Waals surface area contributed by atoms with Crippen LogP contribution in [0.4, 0.5) is 5.69 Å². The topological polar surface area (TPSA) is 51.1 Å². The average Bonchev–Trinajstić information content (AvgIpc) is 3.35. The molecule has 0 aromatic heterocycles. The third-order valence-electron chi connectivity index (χ3n) is 4.84. The molecule has 0 radical (unpaired) electrons. The molecule has 0 N–H and O–H groups in total. The van der Waals surface area contributed by atoms with Gasteiger partial charge in [-0.2, -0.15) is 0 Å². The van der Waals surface area contributed by atoms with Crippen molar-refractivity contribution in [3.63, 3.8) is 0 Å². The Morgan fingerprint density at radius 3 is 2.87 bits per heavy atom. The molecule has 1 atom stereocenters. The lowest BCUT2D eigenvalue weighted by Gasteiger charge is -2.19. The minimum atomic E-state index is -0.0763. The van der Waals surface area contributed by atoms with Gasteiger partial charge in [0.05, 0.1) is 29.8 Å². The third kappa shape index (κ3) is 4.89. The Bertz CT molecular complexity index is 972. The van der Waals surface area contributed by atoms with Crippen LogP contribution in [0.3, 0.4) is 0 Å². The van der Waals surface area contributed by atoms with Gasteiger partial charge in [0.15, 0.2) is 5.17 Å². The van der Waals surface area contributed by atoms with E-state index < -0.39 is 0 Å². The second-order valence-electron chi connectivity index (χ2n) is 7.01. The zero-order valence-electron chi connectivity index (χ0n) is 16.7. The molecule has 1 amide bonds. The Morgan fingerprint density at radius 1 is 1.30 bits per heavy atom. The van der Waals surface area contributed by atoms with Gasteiger partial charge < -0.3 is 9.47 Å². The van der Waals surface area contributed by atoms with E-state index in [4.69, 9.17) is 26.1 Å². The number of benzene rings is 2. The molecule has 4 rings (SSSR count). The molecular weight excluding hydrogens is 420 g/mol. The van der Waals surface area contributed by atoms with Crippen LogP contribution in [-0.2, 0) is 9.53 Å². The van der Waals surface area contributed by atoms with Crippen molar-refractivity contribution in [2.75, 3.05) is 19.8 Å². The SMILES string of the molecule is CCOc1ccc(Cl)cc1C=C1SC(=Nc2ccccc2)N(CC2CCCO2)C1=O. The molecule has 2 aromatic rings. The molecule has 2 heterocycles. The van der Waals surface area contributed by atoms with E-state index in [9.17, 15) is 4.79 Å². The van der Waals surface area contributed by atoms with Crippen molar-refractivity contribution in [1.29, 1.82) is 0 Å². The summed E-state index contributed by atoms with van der Waals surface area (Å²) < 4.78 is 11.5. The maximum absolute atomic E-state index is 13.3. The van der Waals surface area contributed by atoms with E-state index in [1.807, 2.05) is 55.5 Å². The second kappa shape index (κ2) is 9.69. The number of nitrogens with zero attached hydrogens (tertiary/aromatic N) is 2. The van der Waals surface area contributed by atoms with E-state index in [0.29, 0.717) is 34.0 Å². The van der Waals surface area contributed by atoms with Gasteiger partial charge in [-0.25, -0.2) is 4.99 Å². The zero-order chi connectivity index (χ0) is 20.9. The molecule has 2 aromatic carbocycles. The Labute approximate surface area is 185 Å². The van der Waals surface area contributed by atoms with Gasteiger partial charge in [-0.05, 0) is 67.9 Å². The summed E-state index contributed by atoms with van der Waals surface area (Å²) in [5, 5.41) is 1.25. The molecule has 5 nitrogen and oxygen atoms in total. The smallest absolute Gasteiger partial charge is 0.266 e. The molecule has 156 valence electrons. The number of para-hydroxylation sites is 1. The fourth-order valence-corrected chi connectivity index (χ4v) is 4.60. The van der Waals surface area contributed by atoms with E-state index >= 15 is 0 Å². The maximum atomic E-state index is 13.3. The lowest BCUT2D eigenvalue weighted by Crippen LogP contribution is -2.36. The van der Waals surface area contributed by atoms with Crippen molar-refractivity contribution in [1.82, 2.24) is 4.90 Å². The first-order valence-electron chi connectivity index (χ1n) is 10.0. The van der Waals surface area contributed by atoms with Crippen molar-refractivity contribution in [3.05, 3.63) is 64.0 Å². The quantitative estimate of drug-likeness (QED) is 0.552. The number of aliphatic imine (C=N–C) groups is 1. The fourth-order valence-electron chi connectivity index (χ4n) is 3.42. The zero-order valence-corrected chi connectivity index (χ0v) is 18.3. The lowest BCUT2D eigenvalue weighted by atomic mass is 10.1. The highest BCUT2D eigenvalue weighted by Crippen LogP contribution is 2.37. The predicted molar refractivity (Wildman–Crippen MR) is 122 cm³/mol. The minimum Gasteiger partial charge on any atom is -0.493 e. The van der Waals surface area contributed by atoms with Gasteiger partial charge in [0.1, 0.15) is 5.75 Å². The first kappa shape index (κ1) is 21.0. The molecule has 0 saturated carbocycles. The van der Waals surface area contributed by atoms with E-state index in [0.717, 1.165) is 30.7 Å². The number of thioether (sulfide) groups is 1. The molecule has 2 aliphatic rings. The monoisotopic (exact) mass is 442 g/mol. The second-order valence-corrected chi connectivity index (χ2v) is 8.45. The summed E-state index contributed by atoms with van der Waals surface area (Å²) in [7, 11) is 0. The average molecular weight is 443 g/mol. The highest BCUT2D eigenvalue weighted by atomic mass is 35.5. The van der Waals surface area contributed by atoms with Crippen molar-refractivity contribution < 1.29 is 14.3 Å². The van der Waals surface area contributed by atoms with E-state index in [1.165, 1.54) is 11.8 Å². The molecular formula is C23H23ClN2O3S. The number of halogens is 1. The van der Waals surface area contributed by atoms with Crippen LogP contribution in [0.2, 0.25) is 5.02 Å². The van der Waals surface area contributed by atoms with Crippen molar-refractivity contribution in [2.24, 2.45) is 4.99 Å². The van der Waals surface area contributed by atoms with Crippen LogP contribution in [0.5, 0.6) is 5.75 Å². The molecule has 2 saturated heterocycles. The van der Waals surface area contributed by atoms with Gasteiger partial charge in [0.2, 0.25) is 0 Å². The van der Waals surface area contributed by atoms with Crippen molar-refractivity contribution in [3.8, 4) is 5.75 Å². The summed E-state index contributed by atoms with van der Waals surface area (Å²) in [6, 6.07) is 15.1. The molecule has 0 bridgehead atoms. The molecule has 2 aliphatic heterocycles. The standard InChI is InChI=1S/C23H23ClN2O3S/c1-2-28-20-11-10-17(24)13-16(20)14-21-22(27)26(15-19-9-6-12-29-19)23(30-21)25-18-7-4-3-5-8-18/h3-5,7-8,10-11,13-14,19H,2,6,9,12,15H2,1H3. The largest absolute Gasteiger partial charge is 0.493 e. The van der Waals surface area contributed by atoms with Gasteiger partial charge in [-0.3, -0.25) is 9.69 Å². The summed E-state index contributed by atoms with van der Waals surface area (Å²) in [4.78, 5) is 20.3. The van der Waals surface area contributed by atoms with E-state index in [2.05, 4.69) is 0 Å². The van der Waals surface area contributed by atoms with Gasteiger partial charge in [-0.15, -0.1) is 0 Å². The highest BCUT2D eigenvalue weighted by Gasteiger charge is 2.36. The van der Waals surface area contributed by atoms with Crippen LogP contribution in [0, 0.1) is 0 Å². The van der Waals surface area contributed by atoms with Gasteiger partial charge >= 0.3 is 0 Å². The highest BCUT2D eigenvalue weighted by molar-refractivity contribution is 8.18. The van der Waals surface area contributed by atoms with E-state index in [1.54, 1.807) is 11.0 Å². The number of amides is 1. The van der Waals surface area contributed by atoms with Gasteiger partial charge in [0.25, 0.3) is 5.91 Å². The maximum Gasteiger partial charge on any atom is 0.266 e. The first-order chi connectivity index (χ1) is 14.6. The molecule has 7 heteroatoms. The fraction of sp³-hybridized carbons (Fsp3) is 0.304. The summed E-state index contributed by atoms with van der Waals surface area (Å²) in [6.45, 7) is 3.70. The summed E-state index contributed by atoms with van der Waals surface area (Å²) in [6.07, 6.45) is 3.85. The summed E-state index contributed by atoms with van der Waals surface area (Å²) >= 11 is 7.56. The summed E-state index contributed by atoms with van der Waals surface area (Å²) in [5.41, 5.74) is 1.59. The van der Waals surface area contributed by atoms with Crippen LogP contribution in [0.1, 0.15) is 25.3 Å². The Hall–Kier alpha value is -2.28. The number of amidine groups is 1. The van der Waals surface area contributed by atoms with Crippen molar-refractivity contribution in [2.45, 2.75) is 25.9 Å². The van der Waals surface area contributed by atoms with Crippen molar-refractivity contribution >= 4 is 46.2 Å². The number of ether oxygens (including phenoxy) is 2. The molecule has 2 fully saturated rings. The Kier molecular flexibility index (Phi) is 6.77. The number of hydrogen-bond donors (Lipinski definition) is 0. The normalized spacial score (nSPS) is 21.7. The first-order valence-corrected chi connectivity index (χ1v) is 11.2. The molecule has 0 aliphatic carbocycles. The Balaban J connectivity index is 1.68. The van der Waals surface area contributed by atoms with Crippen LogP contribution in [-0.4, -0.2) is 41.8 Å². The third-order valence-corrected chi connectivity index (χ3v) is 6.08. The van der Waals surface area contributed by atoms with Crippen LogP contribution < -0.4 is 4.74 Å². The predicted octanol–water partition coefficient (Wildman–Crippen LogP) is 5.52. The van der Waals surface area contributed by atoms with Crippen LogP contribution in [0.25, 0.3) is 6.08 Å². The van der Waals surface area contributed by atoms with Crippen LogP contribution >= 0.6 is 23.4 Å². The number of carbonyl (C=O) groups is 1. The van der Waals surface area contributed by atoms with Gasteiger partial charge in [-0.1, -0.05) is 29.8 Å². The number of carbonyl (C=O) groups excluding carboxylic acids is 1.